The van der Waals surface area contributed by atoms with E-state index in [-0.39, 0.29) is 12.5 Å². The molecule has 0 spiro atoms. The molecule has 0 aliphatic heterocycles. The SMILES string of the molecule is Cc1cc(C)n(CC(=O)NNC(=O)/C=C/c2cccc(Br)c2)n1. The van der Waals surface area contributed by atoms with Crippen molar-refractivity contribution in [2.45, 2.75) is 20.4 Å². The molecule has 0 saturated carbocycles. The van der Waals surface area contributed by atoms with Crippen molar-refractivity contribution in [3.05, 3.63) is 57.8 Å². The van der Waals surface area contributed by atoms with Gasteiger partial charge in [-0.3, -0.25) is 25.1 Å². The largest absolute Gasteiger partial charge is 0.271 e. The van der Waals surface area contributed by atoms with Gasteiger partial charge in [-0.05, 0) is 43.7 Å². The quantitative estimate of drug-likeness (QED) is 0.633. The van der Waals surface area contributed by atoms with Crippen molar-refractivity contribution >= 4 is 33.8 Å². The van der Waals surface area contributed by atoms with Gasteiger partial charge in [0.25, 0.3) is 11.8 Å². The number of rotatable bonds is 4. The fourth-order valence-electron chi connectivity index (χ4n) is 1.97. The molecule has 0 atom stereocenters. The molecule has 1 aromatic carbocycles. The first-order valence-corrected chi connectivity index (χ1v) is 7.77. The molecule has 2 amide bonds. The van der Waals surface area contributed by atoms with Crippen LogP contribution in [0.25, 0.3) is 6.08 Å². The van der Waals surface area contributed by atoms with Gasteiger partial charge in [-0.15, -0.1) is 0 Å². The van der Waals surface area contributed by atoms with Gasteiger partial charge in [0.1, 0.15) is 6.54 Å². The van der Waals surface area contributed by atoms with Crippen LogP contribution in [0.2, 0.25) is 0 Å². The fraction of sp³-hybridized carbons (Fsp3) is 0.188. The summed E-state index contributed by atoms with van der Waals surface area (Å²) in [7, 11) is 0. The summed E-state index contributed by atoms with van der Waals surface area (Å²) in [5, 5.41) is 4.19. The van der Waals surface area contributed by atoms with Gasteiger partial charge >= 0.3 is 0 Å². The number of benzene rings is 1. The number of hydrogen-bond acceptors (Lipinski definition) is 3. The van der Waals surface area contributed by atoms with Crippen molar-refractivity contribution in [2.75, 3.05) is 0 Å². The van der Waals surface area contributed by atoms with E-state index in [9.17, 15) is 9.59 Å². The van der Waals surface area contributed by atoms with Crippen LogP contribution < -0.4 is 10.9 Å². The summed E-state index contributed by atoms with van der Waals surface area (Å²) in [4.78, 5) is 23.5. The van der Waals surface area contributed by atoms with Gasteiger partial charge in [0.05, 0.1) is 5.69 Å². The van der Waals surface area contributed by atoms with Crippen molar-refractivity contribution in [1.29, 1.82) is 0 Å². The molecule has 2 aromatic rings. The topological polar surface area (TPSA) is 76.0 Å². The van der Waals surface area contributed by atoms with E-state index in [1.807, 2.05) is 44.2 Å². The highest BCUT2D eigenvalue weighted by Crippen LogP contribution is 2.12. The molecule has 0 radical (unpaired) electrons. The lowest BCUT2D eigenvalue weighted by Crippen LogP contribution is -2.42. The lowest BCUT2D eigenvalue weighted by Gasteiger charge is -2.06. The van der Waals surface area contributed by atoms with Crippen LogP contribution in [0.3, 0.4) is 0 Å². The van der Waals surface area contributed by atoms with Crippen LogP contribution in [0, 0.1) is 13.8 Å². The van der Waals surface area contributed by atoms with Crippen molar-refractivity contribution in [2.24, 2.45) is 0 Å². The standard InChI is InChI=1S/C16H17BrN4O2/c1-11-8-12(2)21(20-11)10-16(23)19-18-15(22)7-6-13-4-3-5-14(17)9-13/h3-9H,10H2,1-2H3,(H,18,22)(H,19,23)/b7-6+. The Morgan fingerprint density at radius 2 is 2.04 bits per heavy atom. The maximum Gasteiger partial charge on any atom is 0.262 e. The van der Waals surface area contributed by atoms with Gasteiger partial charge in [0.2, 0.25) is 0 Å². The van der Waals surface area contributed by atoms with Crippen LogP contribution in [-0.4, -0.2) is 21.6 Å². The lowest BCUT2D eigenvalue weighted by atomic mass is 10.2. The van der Waals surface area contributed by atoms with Crippen LogP contribution >= 0.6 is 15.9 Å². The number of nitrogens with zero attached hydrogens (tertiary/aromatic N) is 2. The highest BCUT2D eigenvalue weighted by atomic mass is 79.9. The number of nitrogens with one attached hydrogen (secondary N) is 2. The van der Waals surface area contributed by atoms with E-state index in [1.165, 1.54) is 6.08 Å². The summed E-state index contributed by atoms with van der Waals surface area (Å²) in [6.07, 6.45) is 3.01. The lowest BCUT2D eigenvalue weighted by molar-refractivity contribution is -0.127. The molecule has 7 heteroatoms. The zero-order valence-corrected chi connectivity index (χ0v) is 14.4. The van der Waals surface area contributed by atoms with Crippen molar-refractivity contribution in [3.8, 4) is 0 Å². The molecule has 120 valence electrons. The van der Waals surface area contributed by atoms with Gasteiger partial charge in [0, 0.05) is 16.2 Å². The minimum Gasteiger partial charge on any atom is -0.271 e. The number of carbonyl (C=O) groups is 2. The molecule has 0 bridgehead atoms. The molecule has 0 unspecified atom stereocenters. The van der Waals surface area contributed by atoms with E-state index in [4.69, 9.17) is 0 Å². The normalized spacial score (nSPS) is 10.7. The molecule has 1 heterocycles. The van der Waals surface area contributed by atoms with Gasteiger partial charge in [-0.1, -0.05) is 28.1 Å². The van der Waals surface area contributed by atoms with Crippen LogP contribution in [0.1, 0.15) is 17.0 Å². The Hall–Kier alpha value is -2.41. The first kappa shape index (κ1) is 17.0. The van der Waals surface area contributed by atoms with E-state index in [0.29, 0.717) is 0 Å². The maximum atomic E-state index is 11.8. The van der Waals surface area contributed by atoms with Gasteiger partial charge < -0.3 is 0 Å². The molecule has 0 saturated heterocycles. The molecule has 0 aliphatic carbocycles. The second-order valence-corrected chi connectivity index (χ2v) is 5.93. The molecular formula is C16H17BrN4O2. The highest BCUT2D eigenvalue weighted by Gasteiger charge is 2.07. The summed E-state index contributed by atoms with van der Waals surface area (Å²) in [6.45, 7) is 3.78. The maximum absolute atomic E-state index is 11.8. The average Bonchev–Trinajstić information content (AvgIpc) is 2.81. The Morgan fingerprint density at radius 1 is 1.26 bits per heavy atom. The number of carbonyl (C=O) groups excluding carboxylic acids is 2. The highest BCUT2D eigenvalue weighted by molar-refractivity contribution is 9.10. The third-order valence-electron chi connectivity index (χ3n) is 3.00. The van der Waals surface area contributed by atoms with Crippen LogP contribution in [0.15, 0.2) is 40.9 Å². The summed E-state index contributed by atoms with van der Waals surface area (Å²) in [5.74, 6) is -0.757. The van der Waals surface area contributed by atoms with E-state index in [0.717, 1.165) is 21.4 Å². The first-order valence-electron chi connectivity index (χ1n) is 6.97. The number of aryl methyl sites for hydroxylation is 2. The number of aromatic nitrogens is 2. The predicted octanol–water partition coefficient (Wildman–Crippen LogP) is 2.12. The molecule has 23 heavy (non-hydrogen) atoms. The van der Waals surface area contributed by atoms with Crippen LogP contribution in [0.5, 0.6) is 0 Å². The zero-order valence-electron chi connectivity index (χ0n) is 12.8. The van der Waals surface area contributed by atoms with Crippen molar-refractivity contribution in [3.63, 3.8) is 0 Å². The van der Waals surface area contributed by atoms with E-state index in [1.54, 1.807) is 10.8 Å². The Balaban J connectivity index is 1.82. The van der Waals surface area contributed by atoms with Gasteiger partial charge in [-0.25, -0.2) is 0 Å². The van der Waals surface area contributed by atoms with Crippen molar-refractivity contribution < 1.29 is 9.59 Å². The van der Waals surface area contributed by atoms with E-state index in [2.05, 4.69) is 31.9 Å². The summed E-state index contributed by atoms with van der Waals surface area (Å²) >= 11 is 3.36. The molecule has 0 aliphatic rings. The number of hydrazine groups is 1. The number of amides is 2. The van der Waals surface area contributed by atoms with Gasteiger partial charge in [-0.2, -0.15) is 5.10 Å². The Labute approximate surface area is 142 Å². The third kappa shape index (κ3) is 5.37. The second-order valence-electron chi connectivity index (χ2n) is 5.01. The van der Waals surface area contributed by atoms with Crippen LogP contribution in [-0.2, 0) is 16.1 Å². The Kier molecular flexibility index (Phi) is 5.70. The molecule has 0 fully saturated rings. The average molecular weight is 377 g/mol. The summed E-state index contributed by atoms with van der Waals surface area (Å²) < 4.78 is 2.51. The second kappa shape index (κ2) is 7.73. The summed E-state index contributed by atoms with van der Waals surface area (Å²) in [5.41, 5.74) is 7.30. The van der Waals surface area contributed by atoms with Crippen LogP contribution in [0.4, 0.5) is 0 Å². The molecule has 1 aromatic heterocycles. The first-order chi connectivity index (χ1) is 10.9. The fourth-order valence-corrected chi connectivity index (χ4v) is 2.38. The molecule has 6 nitrogen and oxygen atoms in total. The third-order valence-corrected chi connectivity index (χ3v) is 3.49. The minimum absolute atomic E-state index is 0.0509. The Morgan fingerprint density at radius 3 is 2.70 bits per heavy atom. The monoisotopic (exact) mass is 376 g/mol. The summed E-state index contributed by atoms with van der Waals surface area (Å²) in [6, 6.07) is 9.40. The molecule has 2 rings (SSSR count). The number of hydrogen-bond donors (Lipinski definition) is 2. The van der Waals surface area contributed by atoms with E-state index < -0.39 is 5.91 Å². The smallest absolute Gasteiger partial charge is 0.262 e. The molecular weight excluding hydrogens is 360 g/mol. The van der Waals surface area contributed by atoms with E-state index >= 15 is 0 Å². The predicted molar refractivity (Wildman–Crippen MR) is 91.2 cm³/mol. The number of halogens is 1. The zero-order chi connectivity index (χ0) is 16.8. The van der Waals surface area contributed by atoms with Gasteiger partial charge in [0.15, 0.2) is 0 Å². The Bertz CT molecular complexity index is 752. The molecule has 2 N–H and O–H groups in total. The van der Waals surface area contributed by atoms with Crippen molar-refractivity contribution in [1.82, 2.24) is 20.6 Å². The minimum atomic E-state index is -0.410.